The molecule has 1 aromatic heterocycles. The Kier molecular flexibility index (Phi) is 5.21. The van der Waals surface area contributed by atoms with E-state index in [0.29, 0.717) is 0 Å². The van der Waals surface area contributed by atoms with E-state index in [9.17, 15) is 18.7 Å². The van der Waals surface area contributed by atoms with Gasteiger partial charge in [-0.3, -0.25) is 4.79 Å². The van der Waals surface area contributed by atoms with Crippen molar-refractivity contribution in [2.45, 2.75) is 12.6 Å². The molecule has 1 heterocycles. The molecule has 0 radical (unpaired) electrons. The molecule has 0 bridgehead atoms. The lowest BCUT2D eigenvalue weighted by Gasteiger charge is -2.08. The first-order valence-electron chi connectivity index (χ1n) is 7.59. The van der Waals surface area contributed by atoms with Crippen LogP contribution in [0.1, 0.15) is 31.8 Å². The standard InChI is InChI=1S/C19H15F2NO2S/c20-15-8-6-13(10-16(15)21)19(24)22-11-14-7-9-17(25-14)18(23)12-4-2-1-3-5-12/h1-10,18,23H,11H2,(H,22,24)/t18-/m0/s1. The van der Waals surface area contributed by atoms with Crippen LogP contribution in [0.5, 0.6) is 0 Å². The van der Waals surface area contributed by atoms with Gasteiger partial charge in [-0.25, -0.2) is 8.78 Å². The van der Waals surface area contributed by atoms with E-state index in [-0.39, 0.29) is 12.1 Å². The van der Waals surface area contributed by atoms with Crippen LogP contribution in [0.2, 0.25) is 0 Å². The number of hydrogen-bond acceptors (Lipinski definition) is 3. The zero-order chi connectivity index (χ0) is 17.8. The van der Waals surface area contributed by atoms with Crippen molar-refractivity contribution in [2.75, 3.05) is 0 Å². The summed E-state index contributed by atoms with van der Waals surface area (Å²) in [4.78, 5) is 13.6. The zero-order valence-electron chi connectivity index (χ0n) is 13.1. The van der Waals surface area contributed by atoms with Crippen LogP contribution in [0.25, 0.3) is 0 Å². The summed E-state index contributed by atoms with van der Waals surface area (Å²) in [7, 11) is 0. The van der Waals surface area contributed by atoms with Gasteiger partial charge in [-0.15, -0.1) is 11.3 Å². The van der Waals surface area contributed by atoms with Gasteiger partial charge < -0.3 is 10.4 Å². The molecular weight excluding hydrogens is 344 g/mol. The number of halogens is 2. The Morgan fingerprint density at radius 3 is 2.52 bits per heavy atom. The van der Waals surface area contributed by atoms with Crippen LogP contribution in [-0.4, -0.2) is 11.0 Å². The van der Waals surface area contributed by atoms with Gasteiger partial charge in [-0.05, 0) is 35.9 Å². The van der Waals surface area contributed by atoms with Crippen molar-refractivity contribution in [3.8, 4) is 0 Å². The van der Waals surface area contributed by atoms with Gasteiger partial charge in [0.2, 0.25) is 0 Å². The van der Waals surface area contributed by atoms with Crippen molar-refractivity contribution < 1.29 is 18.7 Å². The van der Waals surface area contributed by atoms with Crippen LogP contribution < -0.4 is 5.32 Å². The second-order valence-electron chi connectivity index (χ2n) is 5.43. The Labute approximate surface area is 147 Å². The third kappa shape index (κ3) is 4.10. The molecule has 0 saturated heterocycles. The Balaban J connectivity index is 1.63. The fourth-order valence-corrected chi connectivity index (χ4v) is 3.31. The second kappa shape index (κ2) is 7.55. The van der Waals surface area contributed by atoms with Crippen LogP contribution in [0.15, 0.2) is 60.7 Å². The molecule has 0 aliphatic carbocycles. The van der Waals surface area contributed by atoms with E-state index in [2.05, 4.69) is 5.32 Å². The van der Waals surface area contributed by atoms with E-state index in [4.69, 9.17) is 0 Å². The maximum atomic E-state index is 13.2. The molecule has 3 rings (SSSR count). The number of aliphatic hydroxyl groups excluding tert-OH is 1. The largest absolute Gasteiger partial charge is 0.383 e. The zero-order valence-corrected chi connectivity index (χ0v) is 13.9. The molecule has 1 amide bonds. The number of benzene rings is 2. The first-order valence-corrected chi connectivity index (χ1v) is 8.41. The summed E-state index contributed by atoms with van der Waals surface area (Å²) < 4.78 is 26.1. The van der Waals surface area contributed by atoms with Gasteiger partial charge in [0.05, 0.1) is 6.54 Å². The summed E-state index contributed by atoms with van der Waals surface area (Å²) in [5.41, 5.74) is 0.849. The number of thiophene rings is 1. The number of nitrogens with one attached hydrogen (secondary N) is 1. The predicted molar refractivity (Wildman–Crippen MR) is 92.4 cm³/mol. The second-order valence-corrected chi connectivity index (χ2v) is 6.63. The van der Waals surface area contributed by atoms with E-state index in [1.165, 1.54) is 17.4 Å². The Morgan fingerprint density at radius 1 is 1.04 bits per heavy atom. The third-order valence-electron chi connectivity index (χ3n) is 3.67. The number of aliphatic hydroxyl groups is 1. The minimum atomic E-state index is -1.06. The first kappa shape index (κ1) is 17.3. The number of amides is 1. The highest BCUT2D eigenvalue weighted by Crippen LogP contribution is 2.28. The quantitative estimate of drug-likeness (QED) is 0.722. The Morgan fingerprint density at radius 2 is 1.80 bits per heavy atom. The highest BCUT2D eigenvalue weighted by atomic mass is 32.1. The normalized spacial score (nSPS) is 12.0. The fraction of sp³-hybridized carbons (Fsp3) is 0.105. The van der Waals surface area contributed by atoms with Crippen molar-refractivity contribution in [3.05, 3.63) is 93.2 Å². The summed E-state index contributed by atoms with van der Waals surface area (Å²) in [6.07, 6.45) is -0.721. The molecule has 0 unspecified atom stereocenters. The molecule has 0 fully saturated rings. The molecule has 2 N–H and O–H groups in total. The van der Waals surface area contributed by atoms with Gasteiger partial charge in [0, 0.05) is 15.3 Å². The van der Waals surface area contributed by atoms with Crippen molar-refractivity contribution >= 4 is 17.2 Å². The number of carbonyl (C=O) groups excluding carboxylic acids is 1. The van der Waals surface area contributed by atoms with Gasteiger partial charge in [0.25, 0.3) is 5.91 Å². The smallest absolute Gasteiger partial charge is 0.251 e. The molecular formula is C19H15F2NO2S. The topological polar surface area (TPSA) is 49.3 Å². The lowest BCUT2D eigenvalue weighted by Crippen LogP contribution is -2.22. The fourth-order valence-electron chi connectivity index (χ4n) is 2.34. The molecule has 0 spiro atoms. The minimum absolute atomic E-state index is 0.0556. The Hall–Kier alpha value is -2.57. The van der Waals surface area contributed by atoms with Crippen molar-refractivity contribution in [2.24, 2.45) is 0 Å². The predicted octanol–water partition coefficient (Wildman–Crippen LogP) is 4.04. The molecule has 1 atom stereocenters. The van der Waals surface area contributed by atoms with Crippen LogP contribution in [0.3, 0.4) is 0 Å². The average molecular weight is 359 g/mol. The van der Waals surface area contributed by atoms with Gasteiger partial charge >= 0.3 is 0 Å². The summed E-state index contributed by atoms with van der Waals surface area (Å²) in [5, 5.41) is 13.0. The maximum absolute atomic E-state index is 13.2. The summed E-state index contributed by atoms with van der Waals surface area (Å²) in [5.74, 6) is -2.54. The van der Waals surface area contributed by atoms with Crippen LogP contribution in [0.4, 0.5) is 8.78 Å². The number of hydrogen-bond donors (Lipinski definition) is 2. The van der Waals surface area contributed by atoms with Crippen molar-refractivity contribution in [1.82, 2.24) is 5.32 Å². The highest BCUT2D eigenvalue weighted by Gasteiger charge is 2.14. The van der Waals surface area contributed by atoms with Crippen molar-refractivity contribution in [3.63, 3.8) is 0 Å². The lowest BCUT2D eigenvalue weighted by molar-refractivity contribution is 0.0950. The molecule has 3 nitrogen and oxygen atoms in total. The molecule has 0 saturated carbocycles. The van der Waals surface area contributed by atoms with E-state index >= 15 is 0 Å². The lowest BCUT2D eigenvalue weighted by atomic mass is 10.1. The summed E-state index contributed by atoms with van der Waals surface area (Å²) in [6, 6.07) is 15.9. The molecule has 0 aliphatic rings. The van der Waals surface area contributed by atoms with Gasteiger partial charge in [-0.1, -0.05) is 30.3 Å². The Bertz CT molecular complexity index is 880. The van der Waals surface area contributed by atoms with Gasteiger partial charge in [-0.2, -0.15) is 0 Å². The van der Waals surface area contributed by atoms with Gasteiger partial charge in [0.15, 0.2) is 11.6 Å². The van der Waals surface area contributed by atoms with Crippen LogP contribution in [0, 0.1) is 11.6 Å². The van der Waals surface area contributed by atoms with E-state index < -0.39 is 23.6 Å². The highest BCUT2D eigenvalue weighted by molar-refractivity contribution is 7.12. The maximum Gasteiger partial charge on any atom is 0.251 e. The summed E-state index contributed by atoms with van der Waals surface area (Å²) in [6.45, 7) is 0.240. The molecule has 6 heteroatoms. The SMILES string of the molecule is O=C(NCc1ccc([C@@H](O)c2ccccc2)s1)c1ccc(F)c(F)c1. The average Bonchev–Trinajstić information content (AvgIpc) is 3.11. The molecule has 128 valence electrons. The monoisotopic (exact) mass is 359 g/mol. The first-order chi connectivity index (χ1) is 12.0. The molecule has 25 heavy (non-hydrogen) atoms. The number of rotatable bonds is 5. The minimum Gasteiger partial charge on any atom is -0.383 e. The van der Waals surface area contributed by atoms with E-state index in [1.807, 2.05) is 36.4 Å². The van der Waals surface area contributed by atoms with Crippen LogP contribution >= 0.6 is 11.3 Å². The molecule has 3 aromatic rings. The van der Waals surface area contributed by atoms with E-state index in [1.54, 1.807) is 6.07 Å². The van der Waals surface area contributed by atoms with Crippen molar-refractivity contribution in [1.29, 1.82) is 0 Å². The third-order valence-corrected chi connectivity index (χ3v) is 4.81. The van der Waals surface area contributed by atoms with Crippen LogP contribution in [-0.2, 0) is 6.54 Å². The van der Waals surface area contributed by atoms with E-state index in [0.717, 1.165) is 27.5 Å². The molecule has 2 aromatic carbocycles. The molecule has 0 aliphatic heterocycles. The number of carbonyl (C=O) groups is 1. The van der Waals surface area contributed by atoms with Gasteiger partial charge in [0.1, 0.15) is 6.10 Å². The summed E-state index contributed by atoms with van der Waals surface area (Å²) >= 11 is 1.38.